The monoisotopic (exact) mass is 304 g/mol. The van der Waals surface area contributed by atoms with E-state index in [0.717, 1.165) is 25.7 Å². The number of esters is 2. The lowest BCUT2D eigenvalue weighted by atomic mass is 9.54. The summed E-state index contributed by atoms with van der Waals surface area (Å²) in [5.41, 5.74) is -1.64. The Labute approximate surface area is 128 Å². The highest BCUT2D eigenvalue weighted by atomic mass is 16.5. The van der Waals surface area contributed by atoms with Crippen molar-refractivity contribution in [3.05, 3.63) is 0 Å². The molecule has 6 rings (SSSR count). The Balaban J connectivity index is 1.73. The van der Waals surface area contributed by atoms with Crippen LogP contribution in [0.3, 0.4) is 0 Å². The number of hydrogen-bond acceptors (Lipinski definition) is 6. The highest BCUT2D eigenvalue weighted by Crippen LogP contribution is 2.76. The molecule has 22 heavy (non-hydrogen) atoms. The topological polar surface area (TPSA) is 77.3 Å². The third kappa shape index (κ3) is 1.08. The molecule has 0 aromatic rings. The molecular formula is C16H20N2O4. The van der Waals surface area contributed by atoms with Crippen molar-refractivity contribution in [3.63, 3.8) is 0 Å². The Hall–Kier alpha value is -1.46. The molecule has 2 heterocycles. The van der Waals surface area contributed by atoms with Crippen LogP contribution in [0.4, 0.5) is 0 Å². The van der Waals surface area contributed by atoms with E-state index in [0.29, 0.717) is 11.8 Å². The van der Waals surface area contributed by atoms with E-state index < -0.39 is 11.1 Å². The summed E-state index contributed by atoms with van der Waals surface area (Å²) in [4.78, 5) is 25.3. The molecule has 0 aromatic heterocycles. The van der Waals surface area contributed by atoms with Gasteiger partial charge in [-0.15, -0.1) is 0 Å². The Morgan fingerprint density at radius 3 is 1.73 bits per heavy atom. The molecule has 2 aliphatic heterocycles. The average Bonchev–Trinajstić information content (AvgIpc) is 3.15. The molecule has 0 radical (unpaired) electrons. The number of carbonyl (C=O) groups is 2. The average molecular weight is 304 g/mol. The highest BCUT2D eigenvalue weighted by molar-refractivity contribution is 5.89. The molecule has 6 heteroatoms. The van der Waals surface area contributed by atoms with Crippen LogP contribution in [0.25, 0.3) is 0 Å². The van der Waals surface area contributed by atoms with E-state index in [1.165, 1.54) is 14.2 Å². The van der Waals surface area contributed by atoms with Crippen molar-refractivity contribution in [2.45, 2.75) is 36.8 Å². The Kier molecular flexibility index (Phi) is 2.20. The summed E-state index contributed by atoms with van der Waals surface area (Å²) in [5.74, 6) is 0.888. The minimum absolute atomic E-state index is 0.108. The Morgan fingerprint density at radius 2 is 1.32 bits per heavy atom. The summed E-state index contributed by atoms with van der Waals surface area (Å²) in [7, 11) is 2.87. The van der Waals surface area contributed by atoms with Gasteiger partial charge in [-0.2, -0.15) is 10.2 Å². The molecule has 0 saturated heterocycles. The number of azo groups is 1. The summed E-state index contributed by atoms with van der Waals surface area (Å²) >= 11 is 0. The maximum absolute atomic E-state index is 12.7. The molecule has 0 spiro atoms. The van der Waals surface area contributed by atoms with E-state index in [2.05, 4.69) is 10.2 Å². The molecular weight excluding hydrogens is 284 g/mol. The predicted octanol–water partition coefficient (Wildman–Crippen LogP) is 1.59. The van der Waals surface area contributed by atoms with Gasteiger partial charge in [-0.1, -0.05) is 0 Å². The lowest BCUT2D eigenvalue weighted by molar-refractivity contribution is -0.172. The fourth-order valence-electron chi connectivity index (χ4n) is 6.65. The smallest absolute Gasteiger partial charge is 0.336 e. The van der Waals surface area contributed by atoms with Crippen molar-refractivity contribution in [1.82, 2.24) is 0 Å². The maximum atomic E-state index is 12.7. The zero-order valence-electron chi connectivity index (χ0n) is 12.8. The number of fused-ring (bicyclic) bond motifs is 2. The summed E-state index contributed by atoms with van der Waals surface area (Å²) in [6.45, 7) is 0. The van der Waals surface area contributed by atoms with Crippen molar-refractivity contribution in [2.75, 3.05) is 14.2 Å². The number of ether oxygens (including phenoxy) is 2. The van der Waals surface area contributed by atoms with E-state index >= 15 is 0 Å². The Morgan fingerprint density at radius 1 is 0.864 bits per heavy atom. The van der Waals surface area contributed by atoms with Crippen LogP contribution in [0.2, 0.25) is 0 Å². The van der Waals surface area contributed by atoms with Gasteiger partial charge < -0.3 is 9.47 Å². The molecule has 118 valence electrons. The quantitative estimate of drug-likeness (QED) is 0.726. The van der Waals surface area contributed by atoms with Gasteiger partial charge in [0.25, 0.3) is 0 Å². The van der Waals surface area contributed by atoms with Crippen molar-refractivity contribution in [3.8, 4) is 0 Å². The van der Waals surface area contributed by atoms with Gasteiger partial charge in [-0.3, -0.25) is 0 Å². The van der Waals surface area contributed by atoms with E-state index in [1.807, 2.05) is 0 Å². The van der Waals surface area contributed by atoms with Crippen LogP contribution in [0.1, 0.15) is 25.7 Å². The fourth-order valence-corrected chi connectivity index (χ4v) is 6.65. The first-order valence-electron chi connectivity index (χ1n) is 8.22. The lowest BCUT2D eigenvalue weighted by Crippen LogP contribution is -2.67. The van der Waals surface area contributed by atoms with Gasteiger partial charge in [0.2, 0.25) is 0 Å². The van der Waals surface area contributed by atoms with E-state index in [9.17, 15) is 9.59 Å². The van der Waals surface area contributed by atoms with Crippen LogP contribution in [-0.4, -0.2) is 37.2 Å². The van der Waals surface area contributed by atoms with Gasteiger partial charge in [0.05, 0.1) is 14.2 Å². The molecule has 0 unspecified atom stereocenters. The van der Waals surface area contributed by atoms with Crippen molar-refractivity contribution >= 4 is 11.9 Å². The number of methoxy groups -OCH3 is 2. The first kappa shape index (κ1) is 13.0. The predicted molar refractivity (Wildman–Crippen MR) is 73.8 cm³/mol. The maximum Gasteiger partial charge on any atom is 0.336 e. The van der Waals surface area contributed by atoms with Crippen LogP contribution < -0.4 is 0 Å². The second-order valence-electron chi connectivity index (χ2n) is 7.67. The molecule has 4 fully saturated rings. The number of nitrogens with zero attached hydrogens (tertiary/aromatic N) is 2. The van der Waals surface area contributed by atoms with Crippen LogP contribution in [0.15, 0.2) is 10.2 Å². The van der Waals surface area contributed by atoms with E-state index in [1.54, 1.807) is 0 Å². The number of rotatable bonds is 2. The molecule has 4 bridgehead atoms. The fraction of sp³-hybridized carbons (Fsp3) is 0.875. The third-order valence-corrected chi connectivity index (χ3v) is 7.26. The van der Waals surface area contributed by atoms with Gasteiger partial charge in [0.1, 0.15) is 0 Å². The molecule has 0 aromatic carbocycles. The van der Waals surface area contributed by atoms with Crippen LogP contribution >= 0.6 is 0 Å². The molecule has 4 aliphatic carbocycles. The van der Waals surface area contributed by atoms with Crippen LogP contribution in [0.5, 0.6) is 0 Å². The lowest BCUT2D eigenvalue weighted by Gasteiger charge is -2.54. The van der Waals surface area contributed by atoms with E-state index in [4.69, 9.17) is 9.47 Å². The number of carbonyl (C=O) groups excluding carboxylic acids is 2. The summed E-state index contributed by atoms with van der Waals surface area (Å²) < 4.78 is 10.3. The second kappa shape index (κ2) is 3.71. The molecule has 6 nitrogen and oxygen atoms in total. The zero-order valence-corrected chi connectivity index (χ0v) is 12.8. The Bertz CT molecular complexity index is 569. The van der Waals surface area contributed by atoms with Gasteiger partial charge >= 0.3 is 11.9 Å². The minimum Gasteiger partial charge on any atom is -0.467 e. The van der Waals surface area contributed by atoms with Crippen molar-refractivity contribution in [2.24, 2.45) is 45.7 Å². The molecule has 4 saturated carbocycles. The zero-order chi connectivity index (χ0) is 15.3. The largest absolute Gasteiger partial charge is 0.467 e. The SMILES string of the molecule is COC(=O)[C@@]12N=N[C@@](C(=O)OC)([C@H]3[C@@H]4CC[C@@H](C4)[C@H]31)[C@@H]1C[C@@H]12. The standard InChI is InChI=1S/C16H20N2O4/c1-21-13(19)15-9-6-10(9)16(18-17-15,14(20)22-2)12-8-4-3-7(5-8)11(12)15/h7-12H,3-6H2,1-2H3/t7-,8+,9-,10+,11+,12-,15-,16+. The van der Waals surface area contributed by atoms with Crippen LogP contribution in [-0.2, 0) is 19.1 Å². The highest BCUT2D eigenvalue weighted by Gasteiger charge is 2.84. The van der Waals surface area contributed by atoms with Gasteiger partial charge in [-0.25, -0.2) is 9.59 Å². The molecule has 6 aliphatic rings. The molecule has 0 amide bonds. The van der Waals surface area contributed by atoms with Crippen molar-refractivity contribution < 1.29 is 19.1 Å². The first-order chi connectivity index (χ1) is 10.6. The summed E-state index contributed by atoms with van der Waals surface area (Å²) in [5, 5.41) is 8.95. The van der Waals surface area contributed by atoms with Gasteiger partial charge in [0.15, 0.2) is 11.1 Å². The van der Waals surface area contributed by atoms with E-state index in [-0.39, 0.29) is 35.6 Å². The molecule has 0 N–H and O–H groups in total. The van der Waals surface area contributed by atoms with Crippen LogP contribution in [0, 0.1) is 35.5 Å². The normalized spacial score (nSPS) is 55.5. The van der Waals surface area contributed by atoms with Gasteiger partial charge in [0, 0.05) is 23.7 Å². The second-order valence-corrected chi connectivity index (χ2v) is 7.67. The minimum atomic E-state index is -0.820. The number of hydrogen-bond donors (Lipinski definition) is 0. The summed E-state index contributed by atoms with van der Waals surface area (Å²) in [6.07, 6.45) is 4.20. The molecule has 8 atom stereocenters. The summed E-state index contributed by atoms with van der Waals surface area (Å²) in [6, 6.07) is 0. The van der Waals surface area contributed by atoms with Gasteiger partial charge in [-0.05, 0) is 37.5 Å². The first-order valence-corrected chi connectivity index (χ1v) is 8.22. The van der Waals surface area contributed by atoms with Crippen molar-refractivity contribution in [1.29, 1.82) is 0 Å². The third-order valence-electron chi connectivity index (χ3n) is 7.26.